The van der Waals surface area contributed by atoms with Crippen molar-refractivity contribution in [3.63, 3.8) is 0 Å². The van der Waals surface area contributed by atoms with Gasteiger partial charge in [0.25, 0.3) is 5.89 Å². The van der Waals surface area contributed by atoms with Gasteiger partial charge in [-0.05, 0) is 36.1 Å². The van der Waals surface area contributed by atoms with E-state index in [-0.39, 0.29) is 11.8 Å². The van der Waals surface area contributed by atoms with Gasteiger partial charge in [0.1, 0.15) is 0 Å². The summed E-state index contributed by atoms with van der Waals surface area (Å²) < 4.78 is 5.33. The maximum atomic E-state index is 12.4. The fraction of sp³-hybridized carbons (Fsp3) is 0.235. The second-order valence-electron chi connectivity index (χ2n) is 5.77. The number of halogens is 1. The number of hydrogen-bond donors (Lipinski definition) is 0. The van der Waals surface area contributed by atoms with E-state index in [0.717, 1.165) is 16.1 Å². The number of benzene rings is 1. The molecule has 1 atom stereocenters. The zero-order valence-corrected chi connectivity index (χ0v) is 14.5. The van der Waals surface area contributed by atoms with Gasteiger partial charge in [-0.15, -0.1) is 11.3 Å². The molecule has 3 heterocycles. The van der Waals surface area contributed by atoms with Crippen LogP contribution in [0, 0.1) is 6.92 Å². The summed E-state index contributed by atoms with van der Waals surface area (Å²) in [5.41, 5.74) is 1.79. The van der Waals surface area contributed by atoms with Gasteiger partial charge >= 0.3 is 0 Å². The Labute approximate surface area is 147 Å². The van der Waals surface area contributed by atoms with Crippen LogP contribution in [0.4, 0.5) is 5.69 Å². The predicted molar refractivity (Wildman–Crippen MR) is 93.5 cm³/mol. The van der Waals surface area contributed by atoms with Crippen LogP contribution in [0.2, 0.25) is 5.02 Å². The van der Waals surface area contributed by atoms with Crippen molar-refractivity contribution < 1.29 is 9.32 Å². The molecule has 0 bridgehead atoms. The van der Waals surface area contributed by atoms with E-state index in [4.69, 9.17) is 16.1 Å². The Morgan fingerprint density at radius 1 is 1.38 bits per heavy atom. The number of thiophene rings is 1. The molecule has 1 aliphatic rings. The molecule has 3 aromatic rings. The summed E-state index contributed by atoms with van der Waals surface area (Å²) in [6.45, 7) is 2.47. The molecule has 0 N–H and O–H groups in total. The van der Waals surface area contributed by atoms with Gasteiger partial charge in [0.2, 0.25) is 5.91 Å². The van der Waals surface area contributed by atoms with Crippen molar-refractivity contribution in [1.82, 2.24) is 10.1 Å². The molecule has 2 aromatic heterocycles. The third-order valence-corrected chi connectivity index (χ3v) is 5.40. The number of rotatable bonds is 3. The van der Waals surface area contributed by atoms with Crippen LogP contribution < -0.4 is 4.90 Å². The second kappa shape index (κ2) is 6.03. The topological polar surface area (TPSA) is 59.2 Å². The number of amides is 1. The first-order valence-electron chi connectivity index (χ1n) is 7.56. The van der Waals surface area contributed by atoms with Gasteiger partial charge in [-0.25, -0.2) is 0 Å². The molecule has 0 radical (unpaired) electrons. The first-order valence-corrected chi connectivity index (χ1v) is 8.81. The molecule has 4 rings (SSSR count). The van der Waals surface area contributed by atoms with Gasteiger partial charge < -0.3 is 9.42 Å². The Morgan fingerprint density at radius 3 is 3.00 bits per heavy atom. The van der Waals surface area contributed by atoms with Gasteiger partial charge in [0.15, 0.2) is 5.82 Å². The highest BCUT2D eigenvalue weighted by Gasteiger charge is 2.34. The lowest BCUT2D eigenvalue weighted by molar-refractivity contribution is -0.117. The van der Waals surface area contributed by atoms with Gasteiger partial charge in [0, 0.05) is 29.6 Å². The quantitative estimate of drug-likeness (QED) is 0.700. The molecule has 1 amide bonds. The highest BCUT2D eigenvalue weighted by molar-refractivity contribution is 7.13. The van der Waals surface area contributed by atoms with Crippen molar-refractivity contribution >= 4 is 34.5 Å². The Morgan fingerprint density at radius 2 is 2.25 bits per heavy atom. The average molecular weight is 360 g/mol. The maximum Gasteiger partial charge on any atom is 0.267 e. The van der Waals surface area contributed by atoms with Gasteiger partial charge in [-0.3, -0.25) is 4.79 Å². The minimum Gasteiger partial charge on any atom is -0.333 e. The first kappa shape index (κ1) is 15.4. The van der Waals surface area contributed by atoms with Crippen molar-refractivity contribution in [2.24, 2.45) is 0 Å². The Kier molecular flexibility index (Phi) is 3.86. The van der Waals surface area contributed by atoms with Crippen molar-refractivity contribution in [1.29, 1.82) is 0 Å². The molecule has 24 heavy (non-hydrogen) atoms. The van der Waals surface area contributed by atoms with Gasteiger partial charge in [0.05, 0.1) is 4.88 Å². The van der Waals surface area contributed by atoms with Crippen LogP contribution >= 0.6 is 22.9 Å². The summed E-state index contributed by atoms with van der Waals surface area (Å²) >= 11 is 7.72. The van der Waals surface area contributed by atoms with E-state index in [1.807, 2.05) is 42.6 Å². The number of aromatic nitrogens is 2. The SMILES string of the molecule is Cc1ccc(N2CC(c3noc(-c4cccs4)n3)CC2=O)cc1Cl. The number of carbonyl (C=O) groups excluding carboxylic acids is 1. The van der Waals surface area contributed by atoms with E-state index < -0.39 is 0 Å². The summed E-state index contributed by atoms with van der Waals surface area (Å²) in [5, 5.41) is 6.68. The van der Waals surface area contributed by atoms with Crippen LogP contribution in [-0.4, -0.2) is 22.6 Å². The molecule has 1 saturated heterocycles. The summed E-state index contributed by atoms with van der Waals surface area (Å²) in [4.78, 5) is 19.5. The lowest BCUT2D eigenvalue weighted by Gasteiger charge is -2.17. The van der Waals surface area contributed by atoms with Crippen molar-refractivity contribution in [2.75, 3.05) is 11.4 Å². The molecule has 0 aliphatic carbocycles. The van der Waals surface area contributed by atoms with E-state index in [1.165, 1.54) is 0 Å². The third kappa shape index (κ3) is 2.72. The molecule has 0 saturated carbocycles. The number of anilines is 1. The van der Waals surface area contributed by atoms with E-state index in [0.29, 0.717) is 29.7 Å². The predicted octanol–water partition coefficient (Wildman–Crippen LogP) is 4.28. The minimum absolute atomic E-state index is 0.0439. The van der Waals surface area contributed by atoms with Crippen LogP contribution in [0.25, 0.3) is 10.8 Å². The van der Waals surface area contributed by atoms with E-state index in [9.17, 15) is 4.79 Å². The largest absolute Gasteiger partial charge is 0.333 e. The summed E-state index contributed by atoms with van der Waals surface area (Å²) in [5.74, 6) is 1.05. The fourth-order valence-corrected chi connectivity index (χ4v) is 3.60. The van der Waals surface area contributed by atoms with Crippen LogP contribution in [0.5, 0.6) is 0 Å². The fourth-order valence-electron chi connectivity index (χ4n) is 2.78. The molecule has 1 unspecified atom stereocenters. The maximum absolute atomic E-state index is 12.4. The lowest BCUT2D eigenvalue weighted by atomic mass is 10.1. The standard InChI is InChI=1S/C17H14ClN3O2S/c1-10-4-5-12(8-13(10)18)21-9-11(7-15(21)22)16-19-17(23-20-16)14-3-2-6-24-14/h2-6,8,11H,7,9H2,1H3. The minimum atomic E-state index is -0.0740. The van der Waals surface area contributed by atoms with Crippen molar-refractivity contribution in [3.05, 3.63) is 52.1 Å². The molecule has 1 aromatic carbocycles. The highest BCUT2D eigenvalue weighted by Crippen LogP contribution is 2.33. The van der Waals surface area contributed by atoms with Crippen LogP contribution in [-0.2, 0) is 4.79 Å². The zero-order chi connectivity index (χ0) is 16.7. The number of nitrogens with zero attached hydrogens (tertiary/aromatic N) is 3. The summed E-state index contributed by atoms with van der Waals surface area (Å²) in [6.07, 6.45) is 0.370. The summed E-state index contributed by atoms with van der Waals surface area (Å²) in [7, 11) is 0. The third-order valence-electron chi connectivity index (χ3n) is 4.13. The molecule has 5 nitrogen and oxygen atoms in total. The first-order chi connectivity index (χ1) is 11.6. The monoisotopic (exact) mass is 359 g/mol. The van der Waals surface area contributed by atoms with Crippen molar-refractivity contribution in [2.45, 2.75) is 19.3 Å². The Hall–Kier alpha value is -2.18. The second-order valence-corrected chi connectivity index (χ2v) is 7.13. The van der Waals surface area contributed by atoms with E-state index in [2.05, 4.69) is 10.1 Å². The van der Waals surface area contributed by atoms with Gasteiger partial charge in [-0.1, -0.05) is 28.9 Å². The van der Waals surface area contributed by atoms with Crippen LogP contribution in [0.1, 0.15) is 23.7 Å². The lowest BCUT2D eigenvalue weighted by Crippen LogP contribution is -2.24. The molecule has 1 fully saturated rings. The van der Waals surface area contributed by atoms with Crippen LogP contribution in [0.3, 0.4) is 0 Å². The molecule has 122 valence electrons. The normalized spacial score (nSPS) is 17.7. The highest BCUT2D eigenvalue weighted by atomic mass is 35.5. The van der Waals surface area contributed by atoms with Gasteiger partial charge in [-0.2, -0.15) is 4.98 Å². The number of carbonyl (C=O) groups is 1. The average Bonchev–Trinajstić information content (AvgIpc) is 3.28. The van der Waals surface area contributed by atoms with E-state index in [1.54, 1.807) is 16.2 Å². The van der Waals surface area contributed by atoms with E-state index >= 15 is 0 Å². The Balaban J connectivity index is 1.56. The Bertz CT molecular complexity index is 891. The molecular weight excluding hydrogens is 346 g/mol. The number of aryl methyl sites for hydroxylation is 1. The zero-order valence-electron chi connectivity index (χ0n) is 12.9. The summed E-state index contributed by atoms with van der Waals surface area (Å²) in [6, 6.07) is 9.52. The molecule has 0 spiro atoms. The smallest absolute Gasteiger partial charge is 0.267 e. The number of hydrogen-bond acceptors (Lipinski definition) is 5. The molecule has 7 heteroatoms. The molecular formula is C17H14ClN3O2S. The van der Waals surface area contributed by atoms with Crippen LogP contribution in [0.15, 0.2) is 40.2 Å². The van der Waals surface area contributed by atoms with Crippen molar-refractivity contribution in [3.8, 4) is 10.8 Å². The molecule has 1 aliphatic heterocycles.